The number of carbonyl (C=O) groups excluding carboxylic acids is 1. The molecule has 0 bridgehead atoms. The van der Waals surface area contributed by atoms with Crippen molar-refractivity contribution in [3.63, 3.8) is 0 Å². The van der Waals surface area contributed by atoms with Gasteiger partial charge in [0.25, 0.3) is 16.0 Å². The van der Waals surface area contributed by atoms with E-state index in [2.05, 4.69) is 17.1 Å². The molecule has 2 aliphatic rings. The van der Waals surface area contributed by atoms with Gasteiger partial charge in [-0.25, -0.2) is 4.39 Å². The number of carbonyl (C=O) groups is 1. The number of aromatic nitrogens is 1. The van der Waals surface area contributed by atoms with Crippen molar-refractivity contribution in [3.8, 4) is 0 Å². The standard InChI is InChI=1S/C30H23FN2O4S/c31-19-13-15-26(32-17-19)28-29(37-38(35,36)20-7-5-8-20)30(34)33(28)27-16-25-21-9-2-1-6-18(21)12-14-23(25)22-10-3-4-11-24(22)27/h1-4,6,9-17,20,28-29H,5,7-8H2/t28-,29-/m0/s1. The van der Waals surface area contributed by atoms with Gasteiger partial charge in [-0.05, 0) is 58.0 Å². The van der Waals surface area contributed by atoms with Crippen LogP contribution in [-0.4, -0.2) is 30.7 Å². The number of anilines is 1. The van der Waals surface area contributed by atoms with Crippen LogP contribution < -0.4 is 4.90 Å². The third-order valence-electron chi connectivity index (χ3n) is 7.80. The van der Waals surface area contributed by atoms with E-state index in [0.717, 1.165) is 44.9 Å². The van der Waals surface area contributed by atoms with Gasteiger partial charge in [0.05, 0.1) is 22.8 Å². The van der Waals surface area contributed by atoms with Gasteiger partial charge in [0.15, 0.2) is 6.10 Å². The fourth-order valence-corrected chi connectivity index (χ4v) is 7.14. The number of β-lactam (4-membered cyclic amide) rings is 1. The van der Waals surface area contributed by atoms with Crippen molar-refractivity contribution in [2.24, 2.45) is 0 Å². The molecule has 8 heteroatoms. The SMILES string of the molecule is O=C1[C@@H](OS(=O)(=O)C2CCC2)[C@H](c2ccc(F)cn2)N1c1cc2c3ccccc3ccc2c2ccccc12. The van der Waals surface area contributed by atoms with Crippen LogP contribution in [0.3, 0.4) is 0 Å². The monoisotopic (exact) mass is 526 g/mol. The van der Waals surface area contributed by atoms with E-state index in [0.29, 0.717) is 24.2 Å². The number of fused-ring (bicyclic) bond motifs is 5. The number of pyridine rings is 1. The molecule has 1 aromatic heterocycles. The molecule has 0 unspecified atom stereocenters. The molecule has 2 atom stereocenters. The van der Waals surface area contributed by atoms with Crippen LogP contribution in [0.5, 0.6) is 0 Å². The van der Waals surface area contributed by atoms with Crippen molar-refractivity contribution >= 4 is 54.0 Å². The zero-order valence-electron chi connectivity index (χ0n) is 20.2. The molecule has 1 aliphatic heterocycles. The highest BCUT2D eigenvalue weighted by Gasteiger charge is 2.54. The molecule has 1 saturated heterocycles. The minimum Gasteiger partial charge on any atom is -0.297 e. The van der Waals surface area contributed by atoms with Crippen molar-refractivity contribution in [1.29, 1.82) is 0 Å². The number of amides is 1. The number of benzene rings is 4. The summed E-state index contributed by atoms with van der Waals surface area (Å²) >= 11 is 0. The van der Waals surface area contributed by atoms with Crippen LogP contribution in [0.4, 0.5) is 10.1 Å². The van der Waals surface area contributed by atoms with E-state index in [9.17, 15) is 17.6 Å². The quantitative estimate of drug-likeness (QED) is 0.159. The van der Waals surface area contributed by atoms with Crippen LogP contribution in [0.15, 0.2) is 85.1 Å². The van der Waals surface area contributed by atoms with E-state index in [4.69, 9.17) is 4.18 Å². The number of hydrogen-bond acceptors (Lipinski definition) is 5. The van der Waals surface area contributed by atoms with Gasteiger partial charge in [-0.15, -0.1) is 0 Å². The molecule has 1 aliphatic carbocycles. The van der Waals surface area contributed by atoms with Crippen LogP contribution >= 0.6 is 0 Å². The molecule has 4 aromatic carbocycles. The fourth-order valence-electron chi connectivity index (χ4n) is 5.60. The van der Waals surface area contributed by atoms with Gasteiger partial charge >= 0.3 is 0 Å². The highest BCUT2D eigenvalue weighted by Crippen LogP contribution is 2.46. The average molecular weight is 527 g/mol. The fraction of sp³-hybridized carbons (Fsp3) is 0.200. The molecule has 2 heterocycles. The molecule has 1 saturated carbocycles. The Balaban J connectivity index is 1.42. The number of rotatable bonds is 5. The molecule has 5 aromatic rings. The lowest BCUT2D eigenvalue weighted by atomic mass is 9.90. The minimum absolute atomic E-state index is 0.363. The van der Waals surface area contributed by atoms with Gasteiger partial charge in [-0.2, -0.15) is 8.42 Å². The molecule has 7 rings (SSSR count). The van der Waals surface area contributed by atoms with Crippen molar-refractivity contribution in [2.75, 3.05) is 4.90 Å². The van der Waals surface area contributed by atoms with Crippen molar-refractivity contribution in [3.05, 3.63) is 96.6 Å². The summed E-state index contributed by atoms with van der Waals surface area (Å²) in [7, 11) is -3.93. The summed E-state index contributed by atoms with van der Waals surface area (Å²) in [5, 5.41) is 5.35. The molecular formula is C30H23FN2O4S. The van der Waals surface area contributed by atoms with E-state index < -0.39 is 39.2 Å². The maximum absolute atomic E-state index is 13.8. The second-order valence-electron chi connectivity index (χ2n) is 9.94. The van der Waals surface area contributed by atoms with E-state index in [1.54, 1.807) is 4.90 Å². The maximum atomic E-state index is 13.8. The Morgan fingerprint density at radius 2 is 1.55 bits per heavy atom. The highest BCUT2D eigenvalue weighted by atomic mass is 32.2. The summed E-state index contributed by atoms with van der Waals surface area (Å²) in [4.78, 5) is 19.5. The maximum Gasteiger partial charge on any atom is 0.271 e. The van der Waals surface area contributed by atoms with Gasteiger partial charge < -0.3 is 0 Å². The molecule has 0 spiro atoms. The second kappa shape index (κ2) is 8.58. The first-order valence-electron chi connectivity index (χ1n) is 12.6. The second-order valence-corrected chi connectivity index (χ2v) is 11.8. The zero-order valence-corrected chi connectivity index (χ0v) is 21.1. The van der Waals surface area contributed by atoms with E-state index in [1.807, 2.05) is 54.6 Å². The average Bonchev–Trinajstić information content (AvgIpc) is 2.89. The summed E-state index contributed by atoms with van der Waals surface area (Å²) in [6, 6.07) is 23.9. The largest absolute Gasteiger partial charge is 0.297 e. The van der Waals surface area contributed by atoms with Gasteiger partial charge in [0, 0.05) is 5.39 Å². The van der Waals surface area contributed by atoms with Crippen molar-refractivity contribution < 1.29 is 21.8 Å². The Hall–Kier alpha value is -3.88. The molecule has 0 N–H and O–H groups in total. The summed E-state index contributed by atoms with van der Waals surface area (Å²) in [6.07, 6.45) is 1.67. The van der Waals surface area contributed by atoms with Gasteiger partial charge in [-0.1, -0.05) is 67.1 Å². The third kappa shape index (κ3) is 3.51. The number of nitrogens with zero attached hydrogens (tertiary/aromatic N) is 2. The first-order chi connectivity index (χ1) is 18.4. The van der Waals surface area contributed by atoms with Gasteiger partial charge in [0.1, 0.15) is 11.9 Å². The van der Waals surface area contributed by atoms with Crippen molar-refractivity contribution in [2.45, 2.75) is 36.7 Å². The molecule has 190 valence electrons. The summed E-state index contributed by atoms with van der Waals surface area (Å²) in [5.41, 5.74) is 0.994. The Bertz CT molecular complexity index is 1850. The lowest BCUT2D eigenvalue weighted by Gasteiger charge is -2.46. The predicted molar refractivity (Wildman–Crippen MR) is 145 cm³/mol. The lowest BCUT2D eigenvalue weighted by molar-refractivity contribution is -0.134. The first kappa shape index (κ1) is 23.3. The molecule has 38 heavy (non-hydrogen) atoms. The summed E-state index contributed by atoms with van der Waals surface area (Å²) < 4.78 is 45.1. The Kier molecular flexibility index (Phi) is 5.25. The van der Waals surface area contributed by atoms with Crippen molar-refractivity contribution in [1.82, 2.24) is 4.98 Å². The van der Waals surface area contributed by atoms with Gasteiger partial charge in [-0.3, -0.25) is 18.9 Å². The summed E-state index contributed by atoms with van der Waals surface area (Å²) in [6.45, 7) is 0. The normalized spacial score (nSPS) is 20.1. The molecule has 0 radical (unpaired) electrons. The van der Waals surface area contributed by atoms with Crippen LogP contribution in [-0.2, 0) is 19.1 Å². The lowest BCUT2D eigenvalue weighted by Crippen LogP contribution is -2.61. The molecular weight excluding hydrogens is 503 g/mol. The highest BCUT2D eigenvalue weighted by molar-refractivity contribution is 7.87. The zero-order chi connectivity index (χ0) is 26.0. The Labute approximate surface area is 218 Å². The molecule has 2 fully saturated rings. The molecule has 1 amide bonds. The number of halogens is 1. The predicted octanol–water partition coefficient (Wildman–Crippen LogP) is 6.04. The van der Waals surface area contributed by atoms with Gasteiger partial charge in [0.2, 0.25) is 0 Å². The van der Waals surface area contributed by atoms with E-state index in [1.165, 1.54) is 12.1 Å². The third-order valence-corrected chi connectivity index (χ3v) is 9.57. The van der Waals surface area contributed by atoms with Crippen LogP contribution in [0.2, 0.25) is 0 Å². The van der Waals surface area contributed by atoms with Crippen LogP contribution in [0.25, 0.3) is 32.3 Å². The van der Waals surface area contributed by atoms with Crippen LogP contribution in [0, 0.1) is 5.82 Å². The van der Waals surface area contributed by atoms with E-state index in [-0.39, 0.29) is 0 Å². The number of hydrogen-bond donors (Lipinski definition) is 0. The summed E-state index contributed by atoms with van der Waals surface area (Å²) in [5.74, 6) is -0.984. The van der Waals surface area contributed by atoms with E-state index >= 15 is 0 Å². The Morgan fingerprint density at radius 1 is 0.842 bits per heavy atom. The first-order valence-corrected chi connectivity index (χ1v) is 14.1. The Morgan fingerprint density at radius 3 is 2.26 bits per heavy atom. The smallest absolute Gasteiger partial charge is 0.271 e. The minimum atomic E-state index is -3.93. The molecule has 6 nitrogen and oxygen atoms in total. The van der Waals surface area contributed by atoms with Crippen LogP contribution in [0.1, 0.15) is 31.0 Å². The topological polar surface area (TPSA) is 76.6 Å².